The first-order valence-corrected chi connectivity index (χ1v) is 10.3. The maximum atomic E-state index is 12.2. The number of rotatable bonds is 10. The molecule has 162 valence electrons. The van der Waals surface area contributed by atoms with Crippen LogP contribution in [-0.2, 0) is 35.8 Å². The molecule has 8 heteroatoms. The number of aryl methyl sites for hydroxylation is 2. The minimum atomic E-state index is -0.213. The molecule has 0 atom stereocenters. The molecule has 0 bridgehead atoms. The maximum absolute atomic E-state index is 12.2. The molecular formula is C22H30N4O4. The van der Waals surface area contributed by atoms with Crippen LogP contribution in [0.5, 0.6) is 0 Å². The van der Waals surface area contributed by atoms with Crippen LogP contribution in [0.1, 0.15) is 44.7 Å². The number of carbonyl (C=O) groups excluding carboxylic acids is 2. The zero-order valence-corrected chi connectivity index (χ0v) is 17.8. The zero-order valence-electron chi connectivity index (χ0n) is 17.8. The van der Waals surface area contributed by atoms with E-state index >= 15 is 0 Å². The van der Waals surface area contributed by atoms with Gasteiger partial charge in [0, 0.05) is 62.5 Å². The van der Waals surface area contributed by atoms with Gasteiger partial charge in [-0.05, 0) is 31.9 Å². The number of nitrogens with one attached hydrogen (secondary N) is 2. The van der Waals surface area contributed by atoms with E-state index in [9.17, 15) is 19.2 Å². The van der Waals surface area contributed by atoms with Crippen LogP contribution in [0.25, 0.3) is 0 Å². The molecule has 0 saturated carbocycles. The first-order chi connectivity index (χ1) is 14.3. The Morgan fingerprint density at radius 2 is 1.23 bits per heavy atom. The van der Waals surface area contributed by atoms with Crippen LogP contribution < -0.4 is 21.8 Å². The van der Waals surface area contributed by atoms with E-state index in [0.29, 0.717) is 24.2 Å². The van der Waals surface area contributed by atoms with Gasteiger partial charge in [-0.15, -0.1) is 0 Å². The molecule has 2 rings (SSSR count). The number of nitrogens with zero attached hydrogens (tertiary/aromatic N) is 2. The van der Waals surface area contributed by atoms with Gasteiger partial charge in [-0.25, -0.2) is 0 Å². The average Bonchev–Trinajstić information content (AvgIpc) is 2.72. The van der Waals surface area contributed by atoms with Crippen molar-refractivity contribution in [2.75, 3.05) is 0 Å². The van der Waals surface area contributed by atoms with Crippen molar-refractivity contribution in [2.24, 2.45) is 5.92 Å². The van der Waals surface area contributed by atoms with Gasteiger partial charge in [0.1, 0.15) is 0 Å². The highest BCUT2D eigenvalue weighted by molar-refractivity contribution is 5.79. The van der Waals surface area contributed by atoms with E-state index in [1.807, 2.05) is 20.8 Å². The van der Waals surface area contributed by atoms with E-state index in [2.05, 4.69) is 10.6 Å². The number of carbonyl (C=O) groups is 2. The summed E-state index contributed by atoms with van der Waals surface area (Å²) in [5, 5.41) is 5.49. The third kappa shape index (κ3) is 6.43. The molecule has 0 fully saturated rings. The Bertz CT molecular complexity index is 914. The molecule has 0 aromatic carbocycles. The molecule has 0 radical (unpaired) electrons. The van der Waals surface area contributed by atoms with E-state index in [1.54, 1.807) is 45.8 Å². The molecule has 8 nitrogen and oxygen atoms in total. The standard InChI is InChI=1S/C22H30N4O4/c1-4-25-10-6-8-17(21(25)29)14-23-19(27)12-16(3)13-20(28)24-15-18-9-7-11-26(5-2)22(18)30/h6-11,16H,4-5,12-15H2,1-3H3,(H,23,27)(H,24,28). The fraction of sp³-hybridized carbons (Fsp3) is 0.455. The van der Waals surface area contributed by atoms with Crippen molar-refractivity contribution in [1.29, 1.82) is 0 Å². The van der Waals surface area contributed by atoms with Crippen LogP contribution >= 0.6 is 0 Å². The van der Waals surface area contributed by atoms with Crippen molar-refractivity contribution in [1.82, 2.24) is 19.8 Å². The van der Waals surface area contributed by atoms with Crippen molar-refractivity contribution >= 4 is 11.8 Å². The lowest BCUT2D eigenvalue weighted by Gasteiger charge is -2.12. The quantitative estimate of drug-likeness (QED) is 0.613. The Hall–Kier alpha value is -3.16. The van der Waals surface area contributed by atoms with E-state index in [0.717, 1.165) is 0 Å². The smallest absolute Gasteiger partial charge is 0.255 e. The summed E-state index contributed by atoms with van der Waals surface area (Å²) in [6.07, 6.45) is 3.77. The van der Waals surface area contributed by atoms with Crippen molar-refractivity contribution in [3.05, 3.63) is 68.5 Å². The zero-order chi connectivity index (χ0) is 22.1. The molecule has 30 heavy (non-hydrogen) atoms. The van der Waals surface area contributed by atoms with Crippen LogP contribution in [0.4, 0.5) is 0 Å². The highest BCUT2D eigenvalue weighted by Crippen LogP contribution is 2.07. The molecule has 0 unspecified atom stereocenters. The second kappa shape index (κ2) is 11.1. The van der Waals surface area contributed by atoms with Crippen LogP contribution in [0, 0.1) is 5.92 Å². The van der Waals surface area contributed by atoms with Crippen molar-refractivity contribution < 1.29 is 9.59 Å². The molecular weight excluding hydrogens is 384 g/mol. The largest absolute Gasteiger partial charge is 0.352 e. The summed E-state index contributed by atoms with van der Waals surface area (Å²) in [6, 6.07) is 6.95. The minimum absolute atomic E-state index is 0.115. The lowest BCUT2D eigenvalue weighted by atomic mass is 10.0. The second-order valence-corrected chi connectivity index (χ2v) is 7.32. The molecule has 2 amide bonds. The molecule has 0 aliphatic rings. The number of aromatic nitrogens is 2. The predicted octanol–water partition coefficient (Wildman–Crippen LogP) is 1.40. The fourth-order valence-electron chi connectivity index (χ4n) is 3.18. The van der Waals surface area contributed by atoms with Crippen LogP contribution in [0.3, 0.4) is 0 Å². The third-order valence-corrected chi connectivity index (χ3v) is 4.90. The van der Waals surface area contributed by atoms with Gasteiger partial charge in [-0.1, -0.05) is 19.1 Å². The van der Waals surface area contributed by atoms with Crippen molar-refractivity contribution in [3.8, 4) is 0 Å². The van der Waals surface area contributed by atoms with Gasteiger partial charge in [-0.2, -0.15) is 0 Å². The predicted molar refractivity (Wildman–Crippen MR) is 115 cm³/mol. The summed E-state index contributed by atoms with van der Waals surface area (Å²) in [4.78, 5) is 48.7. The Kier molecular flexibility index (Phi) is 8.58. The Morgan fingerprint density at radius 3 is 1.60 bits per heavy atom. The van der Waals surface area contributed by atoms with Gasteiger partial charge >= 0.3 is 0 Å². The van der Waals surface area contributed by atoms with E-state index in [-0.39, 0.29) is 54.8 Å². The summed E-state index contributed by atoms with van der Waals surface area (Å²) in [5.74, 6) is -0.595. The topological polar surface area (TPSA) is 102 Å². The second-order valence-electron chi connectivity index (χ2n) is 7.32. The number of amides is 2. The summed E-state index contributed by atoms with van der Waals surface area (Å²) < 4.78 is 3.16. The van der Waals surface area contributed by atoms with E-state index < -0.39 is 0 Å². The summed E-state index contributed by atoms with van der Waals surface area (Å²) in [6.45, 7) is 7.05. The first kappa shape index (κ1) is 23.1. The molecule has 2 N–H and O–H groups in total. The van der Waals surface area contributed by atoms with Gasteiger partial charge in [0.25, 0.3) is 11.1 Å². The van der Waals surface area contributed by atoms with Gasteiger partial charge in [-0.3, -0.25) is 19.2 Å². The fourth-order valence-corrected chi connectivity index (χ4v) is 3.18. The van der Waals surface area contributed by atoms with Crippen molar-refractivity contribution in [2.45, 2.75) is 59.8 Å². The van der Waals surface area contributed by atoms with Gasteiger partial charge in [0.05, 0.1) is 0 Å². The minimum Gasteiger partial charge on any atom is -0.352 e. The SMILES string of the molecule is CCn1cccc(CNC(=O)CC(C)CC(=O)NCc2cccn(CC)c2=O)c1=O. The Balaban J connectivity index is 1.79. The molecule has 0 aliphatic carbocycles. The summed E-state index contributed by atoms with van der Waals surface area (Å²) in [5.41, 5.74) is 0.823. The Labute approximate surface area is 175 Å². The normalized spacial score (nSPS) is 10.8. The maximum Gasteiger partial charge on any atom is 0.255 e. The van der Waals surface area contributed by atoms with E-state index in [4.69, 9.17) is 0 Å². The molecule has 2 heterocycles. The summed E-state index contributed by atoms with van der Waals surface area (Å²) >= 11 is 0. The molecule has 2 aromatic rings. The van der Waals surface area contributed by atoms with E-state index in [1.165, 1.54) is 0 Å². The molecule has 0 saturated heterocycles. The highest BCUT2D eigenvalue weighted by atomic mass is 16.2. The lowest BCUT2D eigenvalue weighted by molar-refractivity contribution is -0.124. The lowest BCUT2D eigenvalue weighted by Crippen LogP contribution is -2.32. The Morgan fingerprint density at radius 1 is 0.833 bits per heavy atom. The van der Waals surface area contributed by atoms with Gasteiger partial charge in [0.2, 0.25) is 11.8 Å². The molecule has 0 aliphatic heterocycles. The van der Waals surface area contributed by atoms with Crippen molar-refractivity contribution in [3.63, 3.8) is 0 Å². The van der Waals surface area contributed by atoms with Crippen LogP contribution in [0.15, 0.2) is 46.2 Å². The summed E-state index contributed by atoms with van der Waals surface area (Å²) in [7, 11) is 0. The van der Waals surface area contributed by atoms with Crippen LogP contribution in [-0.4, -0.2) is 20.9 Å². The van der Waals surface area contributed by atoms with Crippen LogP contribution in [0.2, 0.25) is 0 Å². The first-order valence-electron chi connectivity index (χ1n) is 10.3. The van der Waals surface area contributed by atoms with Gasteiger partial charge < -0.3 is 19.8 Å². The number of hydrogen-bond donors (Lipinski definition) is 2. The average molecular weight is 415 g/mol. The molecule has 0 spiro atoms. The monoisotopic (exact) mass is 414 g/mol. The number of pyridine rings is 2. The van der Waals surface area contributed by atoms with Gasteiger partial charge in [0.15, 0.2) is 0 Å². The molecule has 2 aromatic heterocycles. The third-order valence-electron chi connectivity index (χ3n) is 4.90. The number of hydrogen-bond acceptors (Lipinski definition) is 4. The highest BCUT2D eigenvalue weighted by Gasteiger charge is 2.14.